The van der Waals surface area contributed by atoms with Crippen LogP contribution in [-0.2, 0) is 11.3 Å². The molecule has 0 saturated carbocycles. The molecule has 0 aliphatic rings. The molecule has 0 N–H and O–H groups in total. The Morgan fingerprint density at radius 2 is 1.88 bits per heavy atom. The average molecular weight is 300 g/mol. The summed E-state index contributed by atoms with van der Waals surface area (Å²) >= 11 is 3.48. The van der Waals surface area contributed by atoms with Crippen molar-refractivity contribution in [1.29, 1.82) is 0 Å². The predicted octanol–water partition coefficient (Wildman–Crippen LogP) is 3.31. The quantitative estimate of drug-likeness (QED) is 0.512. The Morgan fingerprint density at radius 3 is 2.53 bits per heavy atom. The van der Waals surface area contributed by atoms with Crippen LogP contribution in [-0.4, -0.2) is 37.0 Å². The zero-order chi connectivity index (χ0) is 12.3. The molecule has 0 spiro atoms. The van der Waals surface area contributed by atoms with Gasteiger partial charge in [-0.05, 0) is 24.9 Å². The molecule has 0 aromatic heterocycles. The van der Waals surface area contributed by atoms with Gasteiger partial charge in [-0.2, -0.15) is 0 Å². The molecule has 1 rings (SSSR count). The highest BCUT2D eigenvalue weighted by molar-refractivity contribution is 9.09. The van der Waals surface area contributed by atoms with Gasteiger partial charge in [-0.1, -0.05) is 46.3 Å². The first-order chi connectivity index (χ1) is 8.36. The first-order valence-electron chi connectivity index (χ1n) is 6.18. The molecule has 0 aliphatic heterocycles. The second-order valence-corrected chi connectivity index (χ2v) is 4.94. The van der Waals surface area contributed by atoms with E-state index in [-0.39, 0.29) is 0 Å². The van der Waals surface area contributed by atoms with Crippen molar-refractivity contribution in [2.45, 2.75) is 19.4 Å². The zero-order valence-corrected chi connectivity index (χ0v) is 12.2. The average Bonchev–Trinajstić information content (AvgIpc) is 2.37. The summed E-state index contributed by atoms with van der Waals surface area (Å²) < 4.78 is 5.17. The van der Waals surface area contributed by atoms with Gasteiger partial charge in [0.15, 0.2) is 0 Å². The molecule has 0 aliphatic carbocycles. The lowest BCUT2D eigenvalue weighted by Gasteiger charge is -2.21. The summed E-state index contributed by atoms with van der Waals surface area (Å²) in [4.78, 5) is 2.46. The summed E-state index contributed by atoms with van der Waals surface area (Å²) in [6, 6.07) is 10.6. The molecule has 17 heavy (non-hydrogen) atoms. The van der Waals surface area contributed by atoms with Gasteiger partial charge in [-0.15, -0.1) is 0 Å². The van der Waals surface area contributed by atoms with E-state index in [1.165, 1.54) is 18.4 Å². The summed E-state index contributed by atoms with van der Waals surface area (Å²) in [5.74, 6) is 0. The Labute approximate surface area is 113 Å². The highest BCUT2D eigenvalue weighted by Crippen LogP contribution is 2.06. The number of benzene rings is 1. The van der Waals surface area contributed by atoms with E-state index in [0.717, 1.165) is 31.6 Å². The molecular formula is C14H22BrNO. The highest BCUT2D eigenvalue weighted by Gasteiger charge is 2.05. The number of halogens is 1. The Bertz CT molecular complexity index is 279. The molecule has 0 radical (unpaired) electrons. The van der Waals surface area contributed by atoms with Gasteiger partial charge in [0.2, 0.25) is 0 Å². The van der Waals surface area contributed by atoms with Crippen LogP contribution in [0.15, 0.2) is 30.3 Å². The lowest BCUT2D eigenvalue weighted by Crippen LogP contribution is -2.28. The minimum absolute atomic E-state index is 0.807. The van der Waals surface area contributed by atoms with E-state index >= 15 is 0 Å². The van der Waals surface area contributed by atoms with Crippen molar-refractivity contribution in [2.75, 3.05) is 32.1 Å². The summed E-state index contributed by atoms with van der Waals surface area (Å²) in [5.41, 5.74) is 1.38. The highest BCUT2D eigenvalue weighted by atomic mass is 79.9. The van der Waals surface area contributed by atoms with E-state index in [4.69, 9.17) is 4.74 Å². The van der Waals surface area contributed by atoms with E-state index in [1.54, 1.807) is 7.11 Å². The molecule has 1 aromatic carbocycles. The molecule has 0 bridgehead atoms. The van der Waals surface area contributed by atoms with Crippen molar-refractivity contribution in [3.8, 4) is 0 Å². The smallest absolute Gasteiger partial charge is 0.0589 e. The number of rotatable bonds is 9. The van der Waals surface area contributed by atoms with Crippen LogP contribution in [0.25, 0.3) is 0 Å². The van der Waals surface area contributed by atoms with E-state index in [9.17, 15) is 0 Å². The third-order valence-electron chi connectivity index (χ3n) is 2.72. The van der Waals surface area contributed by atoms with E-state index < -0.39 is 0 Å². The van der Waals surface area contributed by atoms with Gasteiger partial charge >= 0.3 is 0 Å². The molecule has 0 heterocycles. The second-order valence-electron chi connectivity index (χ2n) is 4.15. The van der Waals surface area contributed by atoms with Crippen LogP contribution in [0.5, 0.6) is 0 Å². The number of alkyl halides is 1. The van der Waals surface area contributed by atoms with Crippen molar-refractivity contribution in [3.05, 3.63) is 35.9 Å². The van der Waals surface area contributed by atoms with Crippen LogP contribution in [0.3, 0.4) is 0 Å². The molecule has 96 valence electrons. The zero-order valence-electron chi connectivity index (χ0n) is 10.6. The monoisotopic (exact) mass is 299 g/mol. The van der Waals surface area contributed by atoms with Crippen molar-refractivity contribution in [1.82, 2.24) is 4.90 Å². The van der Waals surface area contributed by atoms with E-state index in [0.29, 0.717) is 0 Å². The number of hydrogen-bond donors (Lipinski definition) is 0. The minimum Gasteiger partial charge on any atom is -0.383 e. The maximum Gasteiger partial charge on any atom is 0.0589 e. The van der Waals surface area contributed by atoms with Gasteiger partial charge in [-0.3, -0.25) is 4.90 Å². The van der Waals surface area contributed by atoms with Crippen LogP contribution in [0.2, 0.25) is 0 Å². The van der Waals surface area contributed by atoms with Gasteiger partial charge in [0.25, 0.3) is 0 Å². The molecule has 2 nitrogen and oxygen atoms in total. The third-order valence-corrected chi connectivity index (χ3v) is 3.28. The van der Waals surface area contributed by atoms with Crippen LogP contribution >= 0.6 is 15.9 Å². The van der Waals surface area contributed by atoms with Gasteiger partial charge in [-0.25, -0.2) is 0 Å². The molecule has 0 unspecified atom stereocenters. The summed E-state index contributed by atoms with van der Waals surface area (Å²) in [6.45, 7) is 3.98. The van der Waals surface area contributed by atoms with Crippen molar-refractivity contribution < 1.29 is 4.74 Å². The number of ether oxygens (including phenoxy) is 1. The standard InChI is InChI=1S/C14H22BrNO/c1-17-12-11-16(10-6-5-9-15)13-14-7-3-2-4-8-14/h2-4,7-8H,5-6,9-13H2,1H3. The molecule has 3 heteroatoms. The number of unbranched alkanes of at least 4 members (excludes halogenated alkanes) is 1. The molecule has 0 fully saturated rings. The van der Waals surface area contributed by atoms with Gasteiger partial charge in [0.05, 0.1) is 6.61 Å². The normalized spacial score (nSPS) is 11.0. The predicted molar refractivity (Wildman–Crippen MR) is 76.6 cm³/mol. The summed E-state index contributed by atoms with van der Waals surface area (Å²) in [7, 11) is 1.76. The Balaban J connectivity index is 2.39. The maximum absolute atomic E-state index is 5.17. The first-order valence-corrected chi connectivity index (χ1v) is 7.30. The van der Waals surface area contributed by atoms with Gasteiger partial charge in [0.1, 0.15) is 0 Å². The summed E-state index contributed by atoms with van der Waals surface area (Å²) in [6.07, 6.45) is 2.47. The fourth-order valence-corrected chi connectivity index (χ4v) is 2.16. The third kappa shape index (κ3) is 6.81. The summed E-state index contributed by atoms with van der Waals surface area (Å²) in [5, 5.41) is 1.09. The minimum atomic E-state index is 0.807. The molecule has 0 amide bonds. The SMILES string of the molecule is COCCN(CCCCBr)Cc1ccccc1. The van der Waals surface area contributed by atoms with Crippen molar-refractivity contribution >= 4 is 15.9 Å². The van der Waals surface area contributed by atoms with E-state index in [1.807, 2.05) is 0 Å². The number of hydrogen-bond acceptors (Lipinski definition) is 2. The lowest BCUT2D eigenvalue weighted by atomic mass is 10.2. The van der Waals surface area contributed by atoms with E-state index in [2.05, 4.69) is 51.2 Å². The fraction of sp³-hybridized carbons (Fsp3) is 0.571. The van der Waals surface area contributed by atoms with Crippen LogP contribution < -0.4 is 0 Å². The first kappa shape index (κ1) is 14.7. The van der Waals surface area contributed by atoms with Crippen molar-refractivity contribution in [3.63, 3.8) is 0 Å². The van der Waals surface area contributed by atoms with Crippen molar-refractivity contribution in [2.24, 2.45) is 0 Å². The molecule has 1 aromatic rings. The van der Waals surface area contributed by atoms with Gasteiger partial charge < -0.3 is 4.74 Å². The van der Waals surface area contributed by atoms with Gasteiger partial charge in [0, 0.05) is 25.5 Å². The van der Waals surface area contributed by atoms with Crippen LogP contribution in [0.1, 0.15) is 18.4 Å². The lowest BCUT2D eigenvalue weighted by molar-refractivity contribution is 0.143. The topological polar surface area (TPSA) is 12.5 Å². The Morgan fingerprint density at radius 1 is 1.12 bits per heavy atom. The van der Waals surface area contributed by atoms with Crippen LogP contribution in [0.4, 0.5) is 0 Å². The molecule has 0 saturated heterocycles. The molecular weight excluding hydrogens is 278 g/mol. The largest absolute Gasteiger partial charge is 0.383 e. The Hall–Kier alpha value is -0.380. The Kier molecular flexibility index (Phi) is 8.32. The van der Waals surface area contributed by atoms with Crippen LogP contribution in [0, 0.1) is 0 Å². The number of nitrogens with zero attached hydrogens (tertiary/aromatic N) is 1. The maximum atomic E-state index is 5.17. The molecule has 0 atom stereocenters. The second kappa shape index (κ2) is 9.63. The number of methoxy groups -OCH3 is 1. The fourth-order valence-electron chi connectivity index (χ4n) is 1.76.